The molecule has 2 N–H and O–H groups in total. The number of para-hydroxylation sites is 1. The van der Waals surface area contributed by atoms with Gasteiger partial charge in [0.05, 0.1) is 5.69 Å². The van der Waals surface area contributed by atoms with E-state index in [2.05, 4.69) is 11.3 Å². The zero-order valence-corrected chi connectivity index (χ0v) is 7.14. The van der Waals surface area contributed by atoms with E-state index in [0.717, 1.165) is 11.3 Å². The zero-order valence-electron chi connectivity index (χ0n) is 7.14. The number of hydrogen-bond acceptors (Lipinski definition) is 2. The summed E-state index contributed by atoms with van der Waals surface area (Å²) < 4.78 is 1.84. The summed E-state index contributed by atoms with van der Waals surface area (Å²) in [6, 6.07) is 7.95. The molecule has 0 bridgehead atoms. The number of benzene rings is 1. The fourth-order valence-corrected chi connectivity index (χ4v) is 1.28. The molecule has 1 heterocycles. The molecule has 3 nitrogen and oxygen atoms in total. The molecule has 0 atom stereocenters. The van der Waals surface area contributed by atoms with Crippen LogP contribution in [0.1, 0.15) is 5.56 Å². The van der Waals surface area contributed by atoms with Gasteiger partial charge >= 0.3 is 0 Å². The molecule has 0 saturated heterocycles. The Labute approximate surface area is 76.8 Å². The lowest BCUT2D eigenvalue weighted by Crippen LogP contribution is -2.02. The highest BCUT2D eigenvalue weighted by atomic mass is 15.0. The molecule has 0 saturated carbocycles. The Hall–Kier alpha value is -1.61. The Morgan fingerprint density at radius 2 is 2.23 bits per heavy atom. The predicted molar refractivity (Wildman–Crippen MR) is 50.3 cm³/mol. The maximum atomic E-state index is 5.61. The molecule has 0 aliphatic rings. The Kier molecular flexibility index (Phi) is 2.10. The first-order chi connectivity index (χ1) is 6.42. The third-order valence-electron chi connectivity index (χ3n) is 1.93. The van der Waals surface area contributed by atoms with E-state index >= 15 is 0 Å². The van der Waals surface area contributed by atoms with Gasteiger partial charge in [0, 0.05) is 18.9 Å². The molecule has 0 aliphatic heterocycles. The van der Waals surface area contributed by atoms with Gasteiger partial charge in [-0.2, -0.15) is 0 Å². The van der Waals surface area contributed by atoms with E-state index in [9.17, 15) is 0 Å². The zero-order chi connectivity index (χ0) is 9.10. The van der Waals surface area contributed by atoms with Gasteiger partial charge in [0.1, 0.15) is 0 Å². The van der Waals surface area contributed by atoms with Crippen molar-refractivity contribution in [3.8, 4) is 5.69 Å². The fourth-order valence-electron chi connectivity index (χ4n) is 1.28. The second-order valence-electron chi connectivity index (χ2n) is 2.73. The van der Waals surface area contributed by atoms with Crippen molar-refractivity contribution in [3.63, 3.8) is 0 Å². The minimum absolute atomic E-state index is 0.530. The van der Waals surface area contributed by atoms with Crippen molar-refractivity contribution in [1.29, 1.82) is 0 Å². The van der Waals surface area contributed by atoms with Crippen molar-refractivity contribution < 1.29 is 0 Å². The van der Waals surface area contributed by atoms with E-state index in [1.807, 2.05) is 35.0 Å². The monoisotopic (exact) mass is 172 g/mol. The molecule has 2 aromatic rings. The molecule has 65 valence electrons. The second kappa shape index (κ2) is 3.41. The van der Waals surface area contributed by atoms with Gasteiger partial charge in [-0.25, -0.2) is 4.98 Å². The van der Waals surface area contributed by atoms with Crippen molar-refractivity contribution in [2.75, 3.05) is 0 Å². The van der Waals surface area contributed by atoms with Crippen molar-refractivity contribution in [3.05, 3.63) is 48.5 Å². The Morgan fingerprint density at radius 3 is 2.92 bits per heavy atom. The molecule has 0 spiro atoms. The lowest BCUT2D eigenvalue weighted by atomic mass is 10.2. The SMILES string of the molecule is NCc1ccccc1-n1[c]ncc1. The van der Waals surface area contributed by atoms with Gasteiger partial charge in [-0.05, 0) is 11.6 Å². The molecule has 0 amide bonds. The van der Waals surface area contributed by atoms with Crippen LogP contribution in [0.2, 0.25) is 0 Å². The van der Waals surface area contributed by atoms with E-state index in [1.165, 1.54) is 0 Å². The van der Waals surface area contributed by atoms with Crippen LogP contribution >= 0.6 is 0 Å². The topological polar surface area (TPSA) is 43.8 Å². The summed E-state index contributed by atoms with van der Waals surface area (Å²) in [4.78, 5) is 3.87. The maximum absolute atomic E-state index is 5.61. The quantitative estimate of drug-likeness (QED) is 0.738. The second-order valence-corrected chi connectivity index (χ2v) is 2.73. The Balaban J connectivity index is 2.51. The van der Waals surface area contributed by atoms with Gasteiger partial charge in [-0.15, -0.1) is 0 Å². The number of nitrogens with zero attached hydrogens (tertiary/aromatic N) is 2. The molecule has 13 heavy (non-hydrogen) atoms. The minimum Gasteiger partial charge on any atom is -0.326 e. The molecule has 3 heteroatoms. The third kappa shape index (κ3) is 1.46. The van der Waals surface area contributed by atoms with Crippen molar-refractivity contribution >= 4 is 0 Å². The van der Waals surface area contributed by atoms with Crippen LogP contribution in [0.25, 0.3) is 5.69 Å². The van der Waals surface area contributed by atoms with Crippen LogP contribution in [0, 0.1) is 6.33 Å². The highest BCUT2D eigenvalue weighted by molar-refractivity contribution is 5.40. The highest BCUT2D eigenvalue weighted by Crippen LogP contribution is 2.12. The van der Waals surface area contributed by atoms with Gasteiger partial charge in [0.2, 0.25) is 0 Å². The minimum atomic E-state index is 0.530. The van der Waals surface area contributed by atoms with Crippen LogP contribution in [-0.4, -0.2) is 9.55 Å². The van der Waals surface area contributed by atoms with Crippen molar-refractivity contribution in [2.45, 2.75) is 6.54 Å². The molecule has 0 unspecified atom stereocenters. The number of hydrogen-bond donors (Lipinski definition) is 1. The highest BCUT2D eigenvalue weighted by Gasteiger charge is 2.00. The standard InChI is InChI=1S/C10H10N3/c11-7-9-3-1-2-4-10(9)13-6-5-12-8-13/h1-6H,7,11H2. The molecular formula is C10H10N3. The van der Waals surface area contributed by atoms with Crippen LogP contribution in [0.5, 0.6) is 0 Å². The first-order valence-corrected chi connectivity index (χ1v) is 4.11. The smallest absolute Gasteiger partial charge is 0.181 e. The van der Waals surface area contributed by atoms with Crippen LogP contribution in [0.3, 0.4) is 0 Å². The first kappa shape index (κ1) is 8.01. The molecular weight excluding hydrogens is 162 g/mol. The average molecular weight is 172 g/mol. The lowest BCUT2D eigenvalue weighted by molar-refractivity contribution is 0.976. The van der Waals surface area contributed by atoms with Crippen LogP contribution in [-0.2, 0) is 6.54 Å². The van der Waals surface area contributed by atoms with Crippen molar-refractivity contribution in [1.82, 2.24) is 9.55 Å². The Bertz CT molecular complexity index is 379. The molecule has 2 rings (SSSR count). The van der Waals surface area contributed by atoms with Gasteiger partial charge in [-0.3, -0.25) is 4.57 Å². The summed E-state index contributed by atoms with van der Waals surface area (Å²) in [6.45, 7) is 0.530. The van der Waals surface area contributed by atoms with E-state index in [-0.39, 0.29) is 0 Å². The van der Waals surface area contributed by atoms with E-state index in [0.29, 0.717) is 6.54 Å². The normalized spacial score (nSPS) is 10.2. The summed E-state index contributed by atoms with van der Waals surface area (Å²) in [5.74, 6) is 0. The number of rotatable bonds is 2. The number of nitrogens with two attached hydrogens (primary N) is 1. The molecule has 1 radical (unpaired) electrons. The average Bonchev–Trinajstić information content (AvgIpc) is 2.70. The summed E-state index contributed by atoms with van der Waals surface area (Å²) in [5.41, 5.74) is 7.75. The fraction of sp³-hybridized carbons (Fsp3) is 0.100. The Morgan fingerprint density at radius 1 is 1.38 bits per heavy atom. The van der Waals surface area contributed by atoms with Gasteiger partial charge in [0.25, 0.3) is 0 Å². The van der Waals surface area contributed by atoms with E-state index < -0.39 is 0 Å². The molecule has 1 aromatic carbocycles. The van der Waals surface area contributed by atoms with Gasteiger partial charge < -0.3 is 5.73 Å². The summed E-state index contributed by atoms with van der Waals surface area (Å²) in [5, 5.41) is 0. The van der Waals surface area contributed by atoms with E-state index in [1.54, 1.807) is 6.20 Å². The lowest BCUT2D eigenvalue weighted by Gasteiger charge is -2.06. The molecule has 0 aliphatic carbocycles. The maximum Gasteiger partial charge on any atom is 0.181 e. The van der Waals surface area contributed by atoms with E-state index in [4.69, 9.17) is 5.73 Å². The van der Waals surface area contributed by atoms with Gasteiger partial charge in [-0.1, -0.05) is 18.2 Å². The summed E-state index contributed by atoms with van der Waals surface area (Å²) in [7, 11) is 0. The molecule has 0 fully saturated rings. The summed E-state index contributed by atoms with van der Waals surface area (Å²) in [6.07, 6.45) is 6.40. The third-order valence-corrected chi connectivity index (χ3v) is 1.93. The van der Waals surface area contributed by atoms with Crippen LogP contribution in [0.15, 0.2) is 36.7 Å². The van der Waals surface area contributed by atoms with Crippen LogP contribution in [0.4, 0.5) is 0 Å². The van der Waals surface area contributed by atoms with Crippen LogP contribution < -0.4 is 5.73 Å². The predicted octanol–water partition coefficient (Wildman–Crippen LogP) is 1.13. The summed E-state index contributed by atoms with van der Waals surface area (Å²) >= 11 is 0. The van der Waals surface area contributed by atoms with Gasteiger partial charge in [0.15, 0.2) is 6.33 Å². The number of aromatic nitrogens is 2. The van der Waals surface area contributed by atoms with Crippen molar-refractivity contribution in [2.24, 2.45) is 5.73 Å². The largest absolute Gasteiger partial charge is 0.326 e. The number of imidazole rings is 1. The first-order valence-electron chi connectivity index (χ1n) is 4.11. The molecule has 1 aromatic heterocycles.